The highest BCUT2D eigenvalue weighted by molar-refractivity contribution is 5.87. The molecule has 0 aromatic carbocycles. The highest BCUT2D eigenvalue weighted by atomic mass is 16.8. The highest BCUT2D eigenvalue weighted by Gasteiger charge is 2.24. The molecular formula is C11H12N2O5. The number of hydrogen-bond donors (Lipinski definition) is 0. The van der Waals surface area contributed by atoms with E-state index in [1.807, 2.05) is 0 Å². The van der Waals surface area contributed by atoms with Gasteiger partial charge in [0.05, 0.1) is 0 Å². The summed E-state index contributed by atoms with van der Waals surface area (Å²) in [5.74, 6) is 0. The molecule has 0 spiro atoms. The lowest BCUT2D eigenvalue weighted by molar-refractivity contribution is 0.0698. The van der Waals surface area contributed by atoms with Gasteiger partial charge in [0, 0.05) is 26.2 Å². The van der Waals surface area contributed by atoms with Crippen LogP contribution in [-0.4, -0.2) is 54.3 Å². The molecular weight excluding hydrogens is 240 g/mol. The van der Waals surface area contributed by atoms with Crippen molar-refractivity contribution >= 4 is 18.3 Å². The van der Waals surface area contributed by atoms with Gasteiger partial charge in [-0.3, -0.25) is 0 Å². The standard InChI is InChI=1S/C11H12N2O5/c14-9(12-5-1-2-6-12)17-11(16)18-10(15)13-7-3-4-8-13/h1-4H,5-8H2. The summed E-state index contributed by atoms with van der Waals surface area (Å²) < 4.78 is 8.76. The number of amides is 2. The van der Waals surface area contributed by atoms with Gasteiger partial charge in [0.2, 0.25) is 0 Å². The van der Waals surface area contributed by atoms with Crippen LogP contribution in [0.15, 0.2) is 24.3 Å². The molecule has 0 atom stereocenters. The fourth-order valence-corrected chi connectivity index (χ4v) is 1.55. The maximum Gasteiger partial charge on any atom is 0.526 e. The van der Waals surface area contributed by atoms with Gasteiger partial charge in [-0.25, -0.2) is 14.4 Å². The van der Waals surface area contributed by atoms with Gasteiger partial charge in [0.25, 0.3) is 0 Å². The lowest BCUT2D eigenvalue weighted by atomic mass is 10.6. The van der Waals surface area contributed by atoms with E-state index in [1.54, 1.807) is 24.3 Å². The predicted molar refractivity (Wildman–Crippen MR) is 59.8 cm³/mol. The quantitative estimate of drug-likeness (QED) is 0.367. The van der Waals surface area contributed by atoms with Crippen molar-refractivity contribution in [3.63, 3.8) is 0 Å². The Morgan fingerprint density at radius 1 is 0.722 bits per heavy atom. The molecule has 2 heterocycles. The average molecular weight is 252 g/mol. The van der Waals surface area contributed by atoms with Gasteiger partial charge in [0.1, 0.15) is 0 Å². The Morgan fingerprint density at radius 2 is 1.06 bits per heavy atom. The van der Waals surface area contributed by atoms with Crippen LogP contribution in [0.5, 0.6) is 0 Å². The molecule has 0 aromatic rings. The molecule has 0 bridgehead atoms. The molecule has 0 fully saturated rings. The van der Waals surface area contributed by atoms with Gasteiger partial charge in [-0.15, -0.1) is 0 Å². The van der Waals surface area contributed by atoms with Crippen LogP contribution < -0.4 is 0 Å². The minimum absolute atomic E-state index is 0.385. The molecule has 0 aliphatic carbocycles. The van der Waals surface area contributed by atoms with E-state index < -0.39 is 18.3 Å². The van der Waals surface area contributed by atoms with Crippen molar-refractivity contribution in [1.29, 1.82) is 0 Å². The molecule has 2 rings (SSSR count). The Balaban J connectivity index is 1.74. The van der Waals surface area contributed by atoms with Crippen molar-refractivity contribution in [2.75, 3.05) is 26.2 Å². The van der Waals surface area contributed by atoms with E-state index in [0.29, 0.717) is 26.2 Å². The van der Waals surface area contributed by atoms with E-state index in [9.17, 15) is 14.4 Å². The maximum absolute atomic E-state index is 11.4. The van der Waals surface area contributed by atoms with Crippen LogP contribution in [0.3, 0.4) is 0 Å². The fraction of sp³-hybridized carbons (Fsp3) is 0.364. The third-order valence-corrected chi connectivity index (χ3v) is 2.49. The van der Waals surface area contributed by atoms with Crippen molar-refractivity contribution < 1.29 is 23.9 Å². The molecule has 2 aliphatic heterocycles. The largest absolute Gasteiger partial charge is 0.526 e. The van der Waals surface area contributed by atoms with Crippen molar-refractivity contribution in [2.45, 2.75) is 0 Å². The normalized spacial score (nSPS) is 17.1. The van der Waals surface area contributed by atoms with E-state index in [4.69, 9.17) is 0 Å². The van der Waals surface area contributed by atoms with E-state index >= 15 is 0 Å². The molecule has 7 nitrogen and oxygen atoms in total. The zero-order valence-corrected chi connectivity index (χ0v) is 9.57. The van der Waals surface area contributed by atoms with Crippen LogP contribution in [-0.2, 0) is 9.47 Å². The van der Waals surface area contributed by atoms with Crippen LogP contribution in [0.25, 0.3) is 0 Å². The third-order valence-electron chi connectivity index (χ3n) is 2.49. The molecule has 0 saturated carbocycles. The lowest BCUT2D eigenvalue weighted by Crippen LogP contribution is -2.34. The van der Waals surface area contributed by atoms with Crippen LogP contribution >= 0.6 is 0 Å². The first-order valence-corrected chi connectivity index (χ1v) is 5.44. The van der Waals surface area contributed by atoms with Crippen molar-refractivity contribution in [2.24, 2.45) is 0 Å². The average Bonchev–Trinajstić information content (AvgIpc) is 3.02. The summed E-state index contributed by atoms with van der Waals surface area (Å²) in [7, 11) is 0. The minimum atomic E-state index is -1.30. The van der Waals surface area contributed by atoms with Gasteiger partial charge in [-0.2, -0.15) is 0 Å². The number of hydrogen-bond acceptors (Lipinski definition) is 5. The predicted octanol–water partition coefficient (Wildman–Crippen LogP) is 1.12. The van der Waals surface area contributed by atoms with Crippen LogP contribution in [0.4, 0.5) is 14.4 Å². The zero-order valence-electron chi connectivity index (χ0n) is 9.57. The fourth-order valence-electron chi connectivity index (χ4n) is 1.55. The highest BCUT2D eigenvalue weighted by Crippen LogP contribution is 2.05. The van der Waals surface area contributed by atoms with E-state index in [2.05, 4.69) is 9.47 Å². The number of carbonyl (C=O) groups excluding carboxylic acids is 3. The van der Waals surface area contributed by atoms with Crippen molar-refractivity contribution in [3.8, 4) is 0 Å². The van der Waals surface area contributed by atoms with E-state index in [1.165, 1.54) is 9.80 Å². The van der Waals surface area contributed by atoms with Crippen LogP contribution in [0.2, 0.25) is 0 Å². The van der Waals surface area contributed by atoms with Gasteiger partial charge in [-0.05, 0) is 0 Å². The van der Waals surface area contributed by atoms with Gasteiger partial charge in [0.15, 0.2) is 0 Å². The maximum atomic E-state index is 11.4. The third kappa shape index (κ3) is 2.88. The summed E-state index contributed by atoms with van der Waals surface area (Å²) in [6, 6.07) is 0. The second-order valence-electron chi connectivity index (χ2n) is 3.74. The summed E-state index contributed by atoms with van der Waals surface area (Å²) in [5.41, 5.74) is 0. The Morgan fingerprint density at radius 3 is 1.39 bits per heavy atom. The van der Waals surface area contributed by atoms with Crippen LogP contribution in [0.1, 0.15) is 0 Å². The minimum Gasteiger partial charge on any atom is -0.343 e. The number of rotatable bonds is 0. The molecule has 0 aromatic heterocycles. The van der Waals surface area contributed by atoms with E-state index in [0.717, 1.165) is 0 Å². The summed E-state index contributed by atoms with van der Waals surface area (Å²) in [5, 5.41) is 0. The first kappa shape index (κ1) is 12.2. The Bertz CT molecular complexity index is 375. The molecule has 2 amide bonds. The summed E-state index contributed by atoms with van der Waals surface area (Å²) in [6.45, 7) is 1.54. The first-order chi connectivity index (χ1) is 8.66. The second kappa shape index (κ2) is 5.35. The zero-order chi connectivity index (χ0) is 13.0. The number of nitrogens with zero attached hydrogens (tertiary/aromatic N) is 2. The van der Waals surface area contributed by atoms with E-state index in [-0.39, 0.29) is 0 Å². The molecule has 7 heteroatoms. The Kier molecular flexibility index (Phi) is 3.61. The summed E-state index contributed by atoms with van der Waals surface area (Å²) in [4.78, 5) is 36.6. The molecule has 18 heavy (non-hydrogen) atoms. The SMILES string of the molecule is O=C(OC(=O)N1CC=CC1)OC(=O)N1CC=CC1. The Labute approximate surface area is 103 Å². The smallest absolute Gasteiger partial charge is 0.343 e. The van der Waals surface area contributed by atoms with Gasteiger partial charge in [-0.1, -0.05) is 24.3 Å². The summed E-state index contributed by atoms with van der Waals surface area (Å²) >= 11 is 0. The first-order valence-electron chi connectivity index (χ1n) is 5.44. The summed E-state index contributed by atoms with van der Waals surface area (Å²) in [6.07, 6.45) is 4.14. The molecule has 0 unspecified atom stereocenters. The van der Waals surface area contributed by atoms with Gasteiger partial charge >= 0.3 is 18.3 Å². The molecule has 0 saturated heterocycles. The van der Waals surface area contributed by atoms with Crippen LogP contribution in [0, 0.1) is 0 Å². The number of carbonyl (C=O) groups is 3. The lowest BCUT2D eigenvalue weighted by Gasteiger charge is -2.15. The number of ether oxygens (including phenoxy) is 2. The van der Waals surface area contributed by atoms with Crippen molar-refractivity contribution in [3.05, 3.63) is 24.3 Å². The second-order valence-corrected chi connectivity index (χ2v) is 3.74. The molecule has 0 radical (unpaired) electrons. The molecule has 0 N–H and O–H groups in total. The monoisotopic (exact) mass is 252 g/mol. The topological polar surface area (TPSA) is 76.1 Å². The Hall–Kier alpha value is -2.31. The molecule has 96 valence electrons. The van der Waals surface area contributed by atoms with Gasteiger partial charge < -0.3 is 19.3 Å². The molecule has 2 aliphatic rings. The van der Waals surface area contributed by atoms with Crippen molar-refractivity contribution in [1.82, 2.24) is 9.80 Å².